The summed E-state index contributed by atoms with van der Waals surface area (Å²) >= 11 is 9.61. The molecule has 3 nitrogen and oxygen atoms in total. The van der Waals surface area contributed by atoms with Crippen molar-refractivity contribution in [3.05, 3.63) is 104 Å². The van der Waals surface area contributed by atoms with Crippen LogP contribution >= 0.6 is 27.5 Å². The Kier molecular flexibility index (Phi) is 6.14. The van der Waals surface area contributed by atoms with Gasteiger partial charge in [-0.25, -0.2) is 4.39 Å². The molecule has 30 heavy (non-hydrogen) atoms. The standard InChI is InChI=1S/C24H21BrClFN2O/c1-2-14-3-5-15(6-4-14)21-13-22(19-12-17(26)8-10-23(19)30)29-24(28-21)18-11-16(25)7-9-20(18)27/h3-13,22,24,28-30H,2H2,1H3. The van der Waals surface area contributed by atoms with E-state index in [1.54, 1.807) is 30.3 Å². The van der Waals surface area contributed by atoms with Crippen LogP contribution in [0.5, 0.6) is 5.75 Å². The lowest BCUT2D eigenvalue weighted by Gasteiger charge is -2.33. The highest BCUT2D eigenvalue weighted by atomic mass is 79.9. The van der Waals surface area contributed by atoms with Gasteiger partial charge in [-0.05, 0) is 60.0 Å². The Morgan fingerprint density at radius 3 is 2.53 bits per heavy atom. The van der Waals surface area contributed by atoms with E-state index in [1.165, 1.54) is 11.6 Å². The number of rotatable bonds is 4. The Morgan fingerprint density at radius 1 is 1.03 bits per heavy atom. The van der Waals surface area contributed by atoms with Gasteiger partial charge in [0.1, 0.15) is 17.7 Å². The van der Waals surface area contributed by atoms with Crippen LogP contribution in [0.25, 0.3) is 5.70 Å². The molecule has 0 bridgehead atoms. The van der Waals surface area contributed by atoms with Crippen molar-refractivity contribution in [1.29, 1.82) is 0 Å². The van der Waals surface area contributed by atoms with E-state index < -0.39 is 6.17 Å². The normalized spacial score (nSPS) is 18.6. The number of halogens is 3. The fourth-order valence-corrected chi connectivity index (χ4v) is 4.16. The van der Waals surface area contributed by atoms with Crippen LogP contribution in [0.3, 0.4) is 0 Å². The molecule has 154 valence electrons. The maximum atomic E-state index is 14.7. The molecule has 3 aromatic rings. The van der Waals surface area contributed by atoms with Crippen LogP contribution in [-0.4, -0.2) is 5.11 Å². The smallest absolute Gasteiger partial charge is 0.129 e. The molecule has 2 unspecified atom stereocenters. The van der Waals surface area contributed by atoms with Crippen molar-refractivity contribution in [2.45, 2.75) is 25.6 Å². The molecule has 0 aliphatic carbocycles. The Labute approximate surface area is 188 Å². The molecule has 3 N–H and O–H groups in total. The molecule has 4 rings (SSSR count). The summed E-state index contributed by atoms with van der Waals surface area (Å²) in [6.45, 7) is 2.11. The first kappa shape index (κ1) is 20.9. The molecule has 0 amide bonds. The van der Waals surface area contributed by atoms with Crippen LogP contribution in [0, 0.1) is 5.82 Å². The van der Waals surface area contributed by atoms with Gasteiger partial charge in [0.05, 0.1) is 6.04 Å². The zero-order valence-corrected chi connectivity index (χ0v) is 18.6. The van der Waals surface area contributed by atoms with Crippen LogP contribution in [0.4, 0.5) is 4.39 Å². The summed E-state index contributed by atoms with van der Waals surface area (Å²) in [5.74, 6) is -0.191. The lowest BCUT2D eigenvalue weighted by Crippen LogP contribution is -2.40. The number of phenols is 1. The van der Waals surface area contributed by atoms with E-state index in [2.05, 4.69) is 45.6 Å². The van der Waals surface area contributed by atoms with Crippen LogP contribution in [0.15, 0.2) is 71.2 Å². The maximum absolute atomic E-state index is 14.7. The molecule has 0 fully saturated rings. The maximum Gasteiger partial charge on any atom is 0.129 e. The summed E-state index contributed by atoms with van der Waals surface area (Å²) in [6.07, 6.45) is 2.44. The molecule has 3 aromatic carbocycles. The topological polar surface area (TPSA) is 44.3 Å². The first-order valence-corrected chi connectivity index (χ1v) is 10.9. The van der Waals surface area contributed by atoms with Gasteiger partial charge in [-0.1, -0.05) is 58.7 Å². The van der Waals surface area contributed by atoms with Crippen molar-refractivity contribution in [2.24, 2.45) is 0 Å². The second-order valence-corrected chi connectivity index (χ2v) is 8.57. The van der Waals surface area contributed by atoms with E-state index in [-0.39, 0.29) is 17.6 Å². The third kappa shape index (κ3) is 4.38. The van der Waals surface area contributed by atoms with E-state index in [9.17, 15) is 9.50 Å². The monoisotopic (exact) mass is 486 g/mol. The number of benzene rings is 3. The second-order valence-electron chi connectivity index (χ2n) is 7.22. The van der Waals surface area contributed by atoms with Crippen molar-refractivity contribution in [2.75, 3.05) is 0 Å². The van der Waals surface area contributed by atoms with Crippen LogP contribution in [0.1, 0.15) is 41.4 Å². The van der Waals surface area contributed by atoms with Crippen LogP contribution in [-0.2, 0) is 6.42 Å². The molecular formula is C24H21BrClFN2O. The van der Waals surface area contributed by atoms with E-state index >= 15 is 0 Å². The largest absolute Gasteiger partial charge is 0.508 e. The average molecular weight is 488 g/mol. The Balaban J connectivity index is 1.79. The SMILES string of the molecule is CCc1ccc(C2=CC(c3cc(Cl)ccc3O)NC(c3cc(Br)ccc3F)N2)cc1. The number of aryl methyl sites for hydroxylation is 1. The molecule has 6 heteroatoms. The molecule has 0 aromatic heterocycles. The first-order valence-electron chi connectivity index (χ1n) is 9.71. The minimum Gasteiger partial charge on any atom is -0.508 e. The molecular weight excluding hydrogens is 467 g/mol. The zero-order valence-electron chi connectivity index (χ0n) is 16.3. The van der Waals surface area contributed by atoms with Gasteiger partial charge in [0.15, 0.2) is 0 Å². The van der Waals surface area contributed by atoms with Crippen LogP contribution < -0.4 is 10.6 Å². The molecule has 0 spiro atoms. The highest BCUT2D eigenvalue weighted by Crippen LogP contribution is 2.35. The number of nitrogens with one attached hydrogen (secondary N) is 2. The summed E-state index contributed by atoms with van der Waals surface area (Å²) < 4.78 is 15.4. The molecule has 2 atom stereocenters. The summed E-state index contributed by atoms with van der Waals surface area (Å²) in [4.78, 5) is 0. The van der Waals surface area contributed by atoms with E-state index in [4.69, 9.17) is 11.6 Å². The quantitative estimate of drug-likeness (QED) is 0.394. The number of phenolic OH excluding ortho intramolecular Hbond substituents is 1. The summed E-state index contributed by atoms with van der Waals surface area (Å²) in [7, 11) is 0. The van der Waals surface area contributed by atoms with Gasteiger partial charge >= 0.3 is 0 Å². The molecule has 0 saturated carbocycles. The molecule has 0 radical (unpaired) electrons. The van der Waals surface area contributed by atoms with Gasteiger partial charge in [-0.15, -0.1) is 0 Å². The van der Waals surface area contributed by atoms with Crippen molar-refractivity contribution in [3.63, 3.8) is 0 Å². The highest BCUT2D eigenvalue weighted by molar-refractivity contribution is 9.10. The number of hydrogen-bond acceptors (Lipinski definition) is 3. The van der Waals surface area contributed by atoms with Crippen molar-refractivity contribution in [1.82, 2.24) is 10.6 Å². The minimum atomic E-state index is -0.503. The fourth-order valence-electron chi connectivity index (χ4n) is 3.60. The summed E-state index contributed by atoms with van der Waals surface area (Å²) in [6, 6.07) is 17.7. The average Bonchev–Trinajstić information content (AvgIpc) is 2.77. The third-order valence-corrected chi connectivity index (χ3v) is 5.97. The van der Waals surface area contributed by atoms with Gasteiger partial charge < -0.3 is 10.4 Å². The second kappa shape index (κ2) is 8.80. The Morgan fingerprint density at radius 2 is 1.80 bits per heavy atom. The predicted molar refractivity (Wildman–Crippen MR) is 123 cm³/mol. The third-order valence-electron chi connectivity index (χ3n) is 5.25. The Hall–Kier alpha value is -2.34. The van der Waals surface area contributed by atoms with Gasteiger partial charge in [-0.2, -0.15) is 0 Å². The van der Waals surface area contributed by atoms with Crippen molar-refractivity contribution >= 4 is 33.2 Å². The van der Waals surface area contributed by atoms with Crippen molar-refractivity contribution < 1.29 is 9.50 Å². The van der Waals surface area contributed by atoms with Gasteiger partial charge in [0, 0.05) is 26.3 Å². The minimum absolute atomic E-state index is 0.129. The molecule has 1 aliphatic rings. The van der Waals surface area contributed by atoms with Gasteiger partial charge in [0.2, 0.25) is 0 Å². The first-order chi connectivity index (χ1) is 14.4. The summed E-state index contributed by atoms with van der Waals surface area (Å²) in [5, 5.41) is 17.7. The van der Waals surface area contributed by atoms with Crippen LogP contribution in [0.2, 0.25) is 5.02 Å². The van der Waals surface area contributed by atoms with Crippen molar-refractivity contribution in [3.8, 4) is 5.75 Å². The molecule has 1 aliphatic heterocycles. The van der Waals surface area contributed by atoms with Gasteiger partial charge in [-0.3, -0.25) is 5.32 Å². The lowest BCUT2D eigenvalue weighted by molar-refractivity contribution is 0.409. The highest BCUT2D eigenvalue weighted by Gasteiger charge is 2.27. The zero-order chi connectivity index (χ0) is 21.3. The lowest BCUT2D eigenvalue weighted by atomic mass is 9.97. The van der Waals surface area contributed by atoms with E-state index in [0.717, 1.165) is 22.2 Å². The predicted octanol–water partition coefficient (Wildman–Crippen LogP) is 6.48. The Bertz CT molecular complexity index is 1100. The summed E-state index contributed by atoms with van der Waals surface area (Å²) in [5.41, 5.74) is 4.19. The molecule has 1 heterocycles. The molecule has 0 saturated heterocycles. The van der Waals surface area contributed by atoms with Gasteiger partial charge in [0.25, 0.3) is 0 Å². The number of hydrogen-bond donors (Lipinski definition) is 3. The fraction of sp³-hybridized carbons (Fsp3) is 0.167. The van der Waals surface area contributed by atoms with E-state index in [0.29, 0.717) is 16.1 Å². The van der Waals surface area contributed by atoms with E-state index in [1.807, 2.05) is 18.2 Å². The number of aromatic hydroxyl groups is 1.